The predicted molar refractivity (Wildman–Crippen MR) is 103 cm³/mol. The molecular formula is C20H28N4O3. The molecule has 0 unspecified atom stereocenters. The number of benzene rings is 1. The Morgan fingerprint density at radius 2 is 1.78 bits per heavy atom. The molecule has 1 aromatic heterocycles. The van der Waals surface area contributed by atoms with Gasteiger partial charge in [-0.25, -0.2) is 0 Å². The topological polar surface area (TPSA) is 85.2 Å². The summed E-state index contributed by atoms with van der Waals surface area (Å²) in [6.07, 6.45) is -0.750. The highest BCUT2D eigenvalue weighted by molar-refractivity contribution is 5.84. The van der Waals surface area contributed by atoms with Gasteiger partial charge in [0.1, 0.15) is 12.3 Å². The van der Waals surface area contributed by atoms with Crippen LogP contribution in [0, 0.1) is 13.8 Å². The van der Waals surface area contributed by atoms with E-state index >= 15 is 0 Å². The van der Waals surface area contributed by atoms with Crippen molar-refractivity contribution in [2.75, 3.05) is 0 Å². The Balaban J connectivity index is 1.83. The van der Waals surface area contributed by atoms with Crippen molar-refractivity contribution in [3.63, 3.8) is 0 Å². The second-order valence-electron chi connectivity index (χ2n) is 7.66. The Bertz CT molecular complexity index is 804. The Morgan fingerprint density at radius 1 is 1.15 bits per heavy atom. The van der Waals surface area contributed by atoms with Crippen LogP contribution in [0.5, 0.6) is 5.75 Å². The number of carbonyl (C=O) groups excluding carboxylic acids is 2. The summed E-state index contributed by atoms with van der Waals surface area (Å²) in [5, 5.41) is 4.21. The second-order valence-corrected chi connectivity index (χ2v) is 7.66. The zero-order valence-corrected chi connectivity index (χ0v) is 16.8. The van der Waals surface area contributed by atoms with Crippen molar-refractivity contribution >= 4 is 11.8 Å². The first kappa shape index (κ1) is 20.5. The third-order valence-corrected chi connectivity index (χ3v) is 4.12. The number of hydrazine groups is 1. The van der Waals surface area contributed by atoms with Crippen molar-refractivity contribution in [1.82, 2.24) is 20.6 Å². The number of hydrogen-bond donors (Lipinski definition) is 2. The van der Waals surface area contributed by atoms with Crippen LogP contribution in [0.15, 0.2) is 30.3 Å². The van der Waals surface area contributed by atoms with Crippen LogP contribution >= 0.6 is 0 Å². The molecule has 2 amide bonds. The quantitative estimate of drug-likeness (QED) is 0.790. The van der Waals surface area contributed by atoms with Gasteiger partial charge in [0.2, 0.25) is 0 Å². The predicted octanol–water partition coefficient (Wildman–Crippen LogP) is 2.41. The molecule has 146 valence electrons. The van der Waals surface area contributed by atoms with Gasteiger partial charge in [-0.3, -0.25) is 25.1 Å². The standard InChI is InChI=1S/C20H28N4O3/c1-13-11-14(2)24(23-13)12-18(25)21-22-19(26)15(3)27-17-9-7-16(8-10-17)20(4,5)6/h7-11,15H,12H2,1-6H3,(H,21,25)(H,22,26)/t15-/m1/s1. The second kappa shape index (κ2) is 8.24. The van der Waals surface area contributed by atoms with Crippen LogP contribution in [0.25, 0.3) is 0 Å². The van der Waals surface area contributed by atoms with Gasteiger partial charge in [0.05, 0.1) is 5.69 Å². The van der Waals surface area contributed by atoms with Crippen LogP contribution < -0.4 is 15.6 Å². The fourth-order valence-electron chi connectivity index (χ4n) is 2.53. The van der Waals surface area contributed by atoms with E-state index < -0.39 is 12.0 Å². The van der Waals surface area contributed by atoms with Gasteiger partial charge in [0.25, 0.3) is 11.8 Å². The lowest BCUT2D eigenvalue weighted by Gasteiger charge is -2.20. The van der Waals surface area contributed by atoms with Gasteiger partial charge in [-0.1, -0.05) is 32.9 Å². The third kappa shape index (κ3) is 5.84. The van der Waals surface area contributed by atoms with Crippen LogP contribution in [-0.2, 0) is 21.5 Å². The molecule has 2 N–H and O–H groups in total. The van der Waals surface area contributed by atoms with Crippen molar-refractivity contribution in [1.29, 1.82) is 0 Å². The monoisotopic (exact) mass is 372 g/mol. The lowest BCUT2D eigenvalue weighted by molar-refractivity contribution is -0.133. The lowest BCUT2D eigenvalue weighted by atomic mass is 9.87. The molecule has 0 aliphatic carbocycles. The summed E-state index contributed by atoms with van der Waals surface area (Å²) >= 11 is 0. The number of rotatable bonds is 5. The van der Waals surface area contributed by atoms with Gasteiger partial charge in [0.15, 0.2) is 6.10 Å². The minimum Gasteiger partial charge on any atom is -0.481 e. The maximum atomic E-state index is 12.1. The van der Waals surface area contributed by atoms with Crippen molar-refractivity contribution in [2.24, 2.45) is 0 Å². The first-order chi connectivity index (χ1) is 12.6. The minimum absolute atomic E-state index is 0.0312. The summed E-state index contributed by atoms with van der Waals surface area (Å²) in [5.41, 5.74) is 7.72. The summed E-state index contributed by atoms with van der Waals surface area (Å²) < 4.78 is 7.21. The molecule has 7 heteroatoms. The third-order valence-electron chi connectivity index (χ3n) is 4.12. The summed E-state index contributed by atoms with van der Waals surface area (Å²) in [6, 6.07) is 9.52. The largest absolute Gasteiger partial charge is 0.481 e. The Labute approximate surface area is 160 Å². The zero-order chi connectivity index (χ0) is 20.2. The number of nitrogens with one attached hydrogen (secondary N) is 2. The molecule has 0 saturated heterocycles. The molecule has 1 heterocycles. The van der Waals surface area contributed by atoms with Crippen LogP contribution in [0.4, 0.5) is 0 Å². The van der Waals surface area contributed by atoms with E-state index in [4.69, 9.17) is 4.74 Å². The molecule has 2 rings (SSSR count). The van der Waals surface area contributed by atoms with Gasteiger partial charge < -0.3 is 4.74 Å². The van der Waals surface area contributed by atoms with E-state index in [-0.39, 0.29) is 17.9 Å². The summed E-state index contributed by atoms with van der Waals surface area (Å²) in [6.45, 7) is 11.8. The highest BCUT2D eigenvalue weighted by atomic mass is 16.5. The summed E-state index contributed by atoms with van der Waals surface area (Å²) in [7, 11) is 0. The average molecular weight is 372 g/mol. The minimum atomic E-state index is -0.750. The Kier molecular flexibility index (Phi) is 6.25. The molecule has 0 spiro atoms. The fourth-order valence-corrected chi connectivity index (χ4v) is 2.53. The number of nitrogens with zero attached hydrogens (tertiary/aromatic N) is 2. The molecule has 27 heavy (non-hydrogen) atoms. The van der Waals surface area contributed by atoms with Gasteiger partial charge in [0, 0.05) is 5.69 Å². The number of carbonyl (C=O) groups is 2. The highest BCUT2D eigenvalue weighted by Gasteiger charge is 2.17. The maximum Gasteiger partial charge on any atom is 0.279 e. The molecule has 2 aromatic rings. The van der Waals surface area contributed by atoms with Gasteiger partial charge in [-0.15, -0.1) is 0 Å². The number of aryl methyl sites for hydroxylation is 2. The van der Waals surface area contributed by atoms with E-state index in [1.165, 1.54) is 5.56 Å². The first-order valence-electron chi connectivity index (χ1n) is 8.93. The van der Waals surface area contributed by atoms with Crippen LogP contribution in [0.1, 0.15) is 44.6 Å². The summed E-state index contributed by atoms with van der Waals surface area (Å²) in [4.78, 5) is 24.1. The van der Waals surface area contributed by atoms with Crippen molar-refractivity contribution in [3.05, 3.63) is 47.3 Å². The SMILES string of the molecule is Cc1cc(C)n(CC(=O)NNC(=O)[C@@H](C)Oc2ccc(C(C)(C)C)cc2)n1. The van der Waals surface area contributed by atoms with E-state index in [0.717, 1.165) is 11.4 Å². The molecule has 0 bridgehead atoms. The van der Waals surface area contributed by atoms with Gasteiger partial charge in [-0.2, -0.15) is 5.10 Å². The van der Waals surface area contributed by atoms with E-state index in [2.05, 4.69) is 36.7 Å². The molecule has 1 aromatic carbocycles. The van der Waals surface area contributed by atoms with Gasteiger partial charge >= 0.3 is 0 Å². The van der Waals surface area contributed by atoms with Crippen LogP contribution in [-0.4, -0.2) is 27.7 Å². The number of hydrogen-bond acceptors (Lipinski definition) is 4. The number of ether oxygens (including phenoxy) is 1. The normalized spacial score (nSPS) is 12.4. The number of aromatic nitrogens is 2. The molecule has 0 aliphatic heterocycles. The number of amides is 2. The lowest BCUT2D eigenvalue weighted by Crippen LogP contribution is -2.48. The van der Waals surface area contributed by atoms with E-state index in [1.807, 2.05) is 44.2 Å². The van der Waals surface area contributed by atoms with E-state index in [1.54, 1.807) is 11.6 Å². The smallest absolute Gasteiger partial charge is 0.279 e. The molecular weight excluding hydrogens is 344 g/mol. The summed E-state index contributed by atoms with van der Waals surface area (Å²) in [5.74, 6) is -0.201. The maximum absolute atomic E-state index is 12.1. The van der Waals surface area contributed by atoms with E-state index in [9.17, 15) is 9.59 Å². The van der Waals surface area contributed by atoms with Crippen molar-refractivity contribution in [3.8, 4) is 5.75 Å². The molecule has 0 radical (unpaired) electrons. The highest BCUT2D eigenvalue weighted by Crippen LogP contribution is 2.24. The zero-order valence-electron chi connectivity index (χ0n) is 16.8. The molecule has 0 fully saturated rings. The Hall–Kier alpha value is -2.83. The average Bonchev–Trinajstić information content (AvgIpc) is 2.89. The van der Waals surface area contributed by atoms with Crippen molar-refractivity contribution < 1.29 is 14.3 Å². The fraction of sp³-hybridized carbons (Fsp3) is 0.450. The first-order valence-corrected chi connectivity index (χ1v) is 8.93. The Morgan fingerprint density at radius 3 is 2.30 bits per heavy atom. The molecule has 0 saturated carbocycles. The van der Waals surface area contributed by atoms with E-state index in [0.29, 0.717) is 5.75 Å². The van der Waals surface area contributed by atoms with Crippen molar-refractivity contribution in [2.45, 2.75) is 59.6 Å². The molecule has 1 atom stereocenters. The van der Waals surface area contributed by atoms with Crippen LogP contribution in [0.3, 0.4) is 0 Å². The molecule has 7 nitrogen and oxygen atoms in total. The molecule has 0 aliphatic rings. The van der Waals surface area contributed by atoms with Gasteiger partial charge in [-0.05, 0) is 49.9 Å². The van der Waals surface area contributed by atoms with Crippen LogP contribution in [0.2, 0.25) is 0 Å².